The van der Waals surface area contributed by atoms with Crippen molar-refractivity contribution in [1.29, 1.82) is 0 Å². The van der Waals surface area contributed by atoms with Crippen LogP contribution in [-0.4, -0.2) is 18.6 Å². The second-order valence-corrected chi connectivity index (χ2v) is 5.51. The van der Waals surface area contributed by atoms with E-state index in [1.807, 2.05) is 7.05 Å². The predicted octanol–water partition coefficient (Wildman–Crippen LogP) is 3.58. The van der Waals surface area contributed by atoms with Crippen LogP contribution in [0.2, 0.25) is 0 Å². The average molecular weight is 260 g/mol. The van der Waals surface area contributed by atoms with Crippen molar-refractivity contribution < 1.29 is 0 Å². The highest BCUT2D eigenvalue weighted by atomic mass is 32.1. The molecule has 0 spiro atoms. The summed E-state index contributed by atoms with van der Waals surface area (Å²) >= 11 is 1.74. The molecular formula is C15H20N2S. The number of nitrogens with one attached hydrogen (secondary N) is 1. The number of aryl methyl sites for hydroxylation is 3. The Morgan fingerprint density at radius 3 is 2.78 bits per heavy atom. The van der Waals surface area contributed by atoms with Gasteiger partial charge in [0.1, 0.15) is 5.01 Å². The lowest BCUT2D eigenvalue weighted by Gasteiger charge is -2.02. The molecule has 3 heteroatoms. The molecule has 18 heavy (non-hydrogen) atoms. The van der Waals surface area contributed by atoms with Gasteiger partial charge in [0.05, 0.1) is 5.69 Å². The van der Waals surface area contributed by atoms with Crippen molar-refractivity contribution in [2.75, 3.05) is 13.6 Å². The Labute approximate surface area is 113 Å². The first-order valence-electron chi connectivity index (χ1n) is 6.37. The Bertz CT molecular complexity index is 517. The van der Waals surface area contributed by atoms with Crippen molar-refractivity contribution in [2.45, 2.75) is 26.7 Å². The Hall–Kier alpha value is -1.19. The minimum atomic E-state index is 1.05. The second-order valence-electron chi connectivity index (χ2n) is 4.65. The van der Waals surface area contributed by atoms with Gasteiger partial charge in [0.15, 0.2) is 0 Å². The van der Waals surface area contributed by atoms with Gasteiger partial charge in [-0.05, 0) is 57.5 Å². The van der Waals surface area contributed by atoms with Crippen molar-refractivity contribution in [3.63, 3.8) is 0 Å². The average Bonchev–Trinajstić information content (AvgIpc) is 2.82. The Morgan fingerprint density at radius 1 is 1.22 bits per heavy atom. The fourth-order valence-corrected chi connectivity index (χ4v) is 2.73. The summed E-state index contributed by atoms with van der Waals surface area (Å²) in [7, 11) is 1.99. The van der Waals surface area contributed by atoms with Gasteiger partial charge in [0.2, 0.25) is 0 Å². The number of aromatic nitrogens is 1. The van der Waals surface area contributed by atoms with Crippen LogP contribution in [0.25, 0.3) is 10.6 Å². The molecular weight excluding hydrogens is 240 g/mol. The van der Waals surface area contributed by atoms with Crippen molar-refractivity contribution in [3.8, 4) is 10.6 Å². The van der Waals surface area contributed by atoms with Crippen LogP contribution in [-0.2, 0) is 6.42 Å². The van der Waals surface area contributed by atoms with E-state index < -0.39 is 0 Å². The molecule has 2 rings (SSSR count). The maximum atomic E-state index is 4.71. The van der Waals surface area contributed by atoms with Crippen LogP contribution in [0.5, 0.6) is 0 Å². The molecule has 0 aliphatic rings. The van der Waals surface area contributed by atoms with E-state index in [2.05, 4.69) is 42.7 Å². The summed E-state index contributed by atoms with van der Waals surface area (Å²) in [6.45, 7) is 5.35. The predicted molar refractivity (Wildman–Crippen MR) is 79.3 cm³/mol. The van der Waals surface area contributed by atoms with Crippen LogP contribution in [0.1, 0.15) is 23.2 Å². The summed E-state index contributed by atoms with van der Waals surface area (Å²) in [5.41, 5.74) is 5.12. The highest BCUT2D eigenvalue weighted by molar-refractivity contribution is 7.13. The normalized spacial score (nSPS) is 10.8. The molecule has 0 unspecified atom stereocenters. The molecule has 1 aromatic carbocycles. The first-order chi connectivity index (χ1) is 8.70. The van der Waals surface area contributed by atoms with Crippen LogP contribution in [0, 0.1) is 13.8 Å². The number of hydrogen-bond donors (Lipinski definition) is 1. The molecule has 2 nitrogen and oxygen atoms in total. The third-order valence-electron chi connectivity index (χ3n) is 3.17. The van der Waals surface area contributed by atoms with Crippen molar-refractivity contribution in [2.24, 2.45) is 0 Å². The molecule has 0 amide bonds. The van der Waals surface area contributed by atoms with E-state index in [1.165, 1.54) is 22.4 Å². The van der Waals surface area contributed by atoms with Crippen LogP contribution >= 0.6 is 11.3 Å². The molecule has 2 aromatic rings. The number of benzene rings is 1. The SMILES string of the molecule is CNCCCc1csc(-c2ccc(C)c(C)c2)n1. The Morgan fingerprint density at radius 2 is 2.06 bits per heavy atom. The fourth-order valence-electron chi connectivity index (χ4n) is 1.88. The van der Waals surface area contributed by atoms with Gasteiger partial charge in [-0.3, -0.25) is 0 Å². The zero-order chi connectivity index (χ0) is 13.0. The van der Waals surface area contributed by atoms with E-state index in [0.29, 0.717) is 0 Å². The molecule has 1 N–H and O–H groups in total. The lowest BCUT2D eigenvalue weighted by atomic mass is 10.1. The molecule has 1 aromatic heterocycles. The molecule has 0 bridgehead atoms. The van der Waals surface area contributed by atoms with Gasteiger partial charge in [-0.1, -0.05) is 12.1 Å². The summed E-state index contributed by atoms with van der Waals surface area (Å²) in [6.07, 6.45) is 2.20. The quantitative estimate of drug-likeness (QED) is 0.831. The largest absolute Gasteiger partial charge is 0.320 e. The minimum absolute atomic E-state index is 1.05. The number of hydrogen-bond acceptors (Lipinski definition) is 3. The number of thiazole rings is 1. The lowest BCUT2D eigenvalue weighted by molar-refractivity contribution is 0.718. The summed E-state index contributed by atoms with van der Waals surface area (Å²) in [5, 5.41) is 6.48. The van der Waals surface area contributed by atoms with Crippen LogP contribution in [0.4, 0.5) is 0 Å². The summed E-state index contributed by atoms with van der Waals surface area (Å²) in [6, 6.07) is 6.57. The molecule has 0 atom stereocenters. The van der Waals surface area contributed by atoms with E-state index in [4.69, 9.17) is 4.98 Å². The first kappa shape index (κ1) is 13.2. The zero-order valence-corrected chi connectivity index (χ0v) is 12.1. The van der Waals surface area contributed by atoms with Crippen molar-refractivity contribution in [1.82, 2.24) is 10.3 Å². The van der Waals surface area contributed by atoms with Gasteiger partial charge in [-0.15, -0.1) is 11.3 Å². The molecule has 0 fully saturated rings. The summed E-state index contributed by atoms with van der Waals surface area (Å²) in [4.78, 5) is 4.71. The van der Waals surface area contributed by atoms with Gasteiger partial charge in [0.25, 0.3) is 0 Å². The fraction of sp³-hybridized carbons (Fsp3) is 0.400. The summed E-state index contributed by atoms with van der Waals surface area (Å²) < 4.78 is 0. The van der Waals surface area contributed by atoms with Crippen LogP contribution in [0.15, 0.2) is 23.6 Å². The topological polar surface area (TPSA) is 24.9 Å². The minimum Gasteiger partial charge on any atom is -0.320 e. The number of nitrogens with zero attached hydrogens (tertiary/aromatic N) is 1. The van der Waals surface area contributed by atoms with E-state index in [9.17, 15) is 0 Å². The third kappa shape index (κ3) is 3.18. The molecule has 0 aliphatic carbocycles. The summed E-state index contributed by atoms with van der Waals surface area (Å²) in [5.74, 6) is 0. The van der Waals surface area contributed by atoms with Gasteiger partial charge < -0.3 is 5.32 Å². The highest BCUT2D eigenvalue weighted by Gasteiger charge is 2.05. The van der Waals surface area contributed by atoms with Crippen molar-refractivity contribution in [3.05, 3.63) is 40.4 Å². The van der Waals surface area contributed by atoms with Crippen LogP contribution < -0.4 is 5.32 Å². The smallest absolute Gasteiger partial charge is 0.123 e. The zero-order valence-electron chi connectivity index (χ0n) is 11.3. The first-order valence-corrected chi connectivity index (χ1v) is 7.25. The maximum Gasteiger partial charge on any atom is 0.123 e. The van der Waals surface area contributed by atoms with Gasteiger partial charge >= 0.3 is 0 Å². The van der Waals surface area contributed by atoms with Crippen LogP contribution in [0.3, 0.4) is 0 Å². The van der Waals surface area contributed by atoms with E-state index in [-0.39, 0.29) is 0 Å². The molecule has 0 saturated carbocycles. The Balaban J connectivity index is 2.11. The van der Waals surface area contributed by atoms with Crippen molar-refractivity contribution >= 4 is 11.3 Å². The third-order valence-corrected chi connectivity index (χ3v) is 4.11. The van der Waals surface area contributed by atoms with E-state index >= 15 is 0 Å². The molecule has 0 radical (unpaired) electrons. The molecule has 0 saturated heterocycles. The van der Waals surface area contributed by atoms with Gasteiger partial charge in [-0.25, -0.2) is 4.98 Å². The van der Waals surface area contributed by atoms with E-state index in [0.717, 1.165) is 24.4 Å². The molecule has 1 heterocycles. The second kappa shape index (κ2) is 6.12. The standard InChI is InChI=1S/C15H20N2S/c1-11-6-7-13(9-12(11)2)15-17-14(10-18-15)5-4-8-16-3/h6-7,9-10,16H,4-5,8H2,1-3H3. The molecule has 96 valence electrons. The van der Waals surface area contributed by atoms with E-state index in [1.54, 1.807) is 11.3 Å². The monoisotopic (exact) mass is 260 g/mol. The maximum absolute atomic E-state index is 4.71. The Kier molecular flexibility index (Phi) is 4.50. The van der Waals surface area contributed by atoms with Gasteiger partial charge in [-0.2, -0.15) is 0 Å². The van der Waals surface area contributed by atoms with Gasteiger partial charge in [0, 0.05) is 10.9 Å². The highest BCUT2D eigenvalue weighted by Crippen LogP contribution is 2.25. The lowest BCUT2D eigenvalue weighted by Crippen LogP contribution is -2.08. The number of rotatable bonds is 5. The molecule has 0 aliphatic heterocycles.